The van der Waals surface area contributed by atoms with E-state index in [1.165, 1.54) is 20.3 Å². The molecule has 2 atom stereocenters. The molecule has 2 aromatic rings. The minimum absolute atomic E-state index is 0.0414. The van der Waals surface area contributed by atoms with Crippen molar-refractivity contribution in [3.8, 4) is 0 Å². The summed E-state index contributed by atoms with van der Waals surface area (Å²) in [6, 6.07) is 18.1. The summed E-state index contributed by atoms with van der Waals surface area (Å²) >= 11 is 0. The fourth-order valence-electron chi connectivity index (χ4n) is 5.03. The van der Waals surface area contributed by atoms with E-state index in [1.807, 2.05) is 60.7 Å². The number of rotatable bonds is 8. The van der Waals surface area contributed by atoms with Crippen LogP contribution < -0.4 is 21.0 Å². The number of benzene rings is 2. The molecular weight excluding hydrogens is 494 g/mol. The Morgan fingerprint density at radius 3 is 2.08 bits per heavy atom. The van der Waals surface area contributed by atoms with Crippen LogP contribution >= 0.6 is 0 Å². The van der Waals surface area contributed by atoms with Crippen LogP contribution in [0.4, 0.5) is 13.6 Å². The molecule has 1 aliphatic carbocycles. The topological polar surface area (TPSA) is 76.7 Å². The zero-order chi connectivity index (χ0) is 27.3. The Morgan fingerprint density at radius 2 is 1.59 bits per heavy atom. The molecule has 0 aromatic heterocycles. The average Bonchev–Trinajstić information content (AvgIpc) is 3.12. The third-order valence-electron chi connectivity index (χ3n) is 6.82. The van der Waals surface area contributed by atoms with Crippen molar-refractivity contribution in [1.82, 2.24) is 10.6 Å². The zero-order valence-corrected chi connectivity index (χ0v) is 23.0. The first-order valence-electron chi connectivity index (χ1n) is 12.3. The molecule has 37 heavy (non-hydrogen) atoms. The van der Waals surface area contributed by atoms with Crippen molar-refractivity contribution in [1.29, 1.82) is 0 Å². The van der Waals surface area contributed by atoms with Crippen LogP contribution in [0, 0.1) is 5.92 Å². The second-order valence-electron chi connectivity index (χ2n) is 10.5. The molecule has 0 saturated heterocycles. The van der Waals surface area contributed by atoms with Gasteiger partial charge in [0.15, 0.2) is 0 Å². The van der Waals surface area contributed by atoms with Crippen LogP contribution in [0.2, 0.25) is 5.04 Å². The second-order valence-corrected chi connectivity index (χ2v) is 14.8. The lowest BCUT2D eigenvalue weighted by atomic mass is 10.1. The van der Waals surface area contributed by atoms with Gasteiger partial charge in [0, 0.05) is 30.6 Å². The van der Waals surface area contributed by atoms with Gasteiger partial charge in [-0.3, -0.25) is 10.1 Å². The molecule has 2 aromatic carbocycles. The third-order valence-corrected chi connectivity index (χ3v) is 11.8. The number of alkyl halides is 2. The lowest BCUT2D eigenvalue weighted by Crippen LogP contribution is -2.67. The first kappa shape index (κ1) is 28.5. The Balaban J connectivity index is 1.80. The summed E-state index contributed by atoms with van der Waals surface area (Å²) < 4.78 is 41.8. The van der Waals surface area contributed by atoms with Crippen molar-refractivity contribution >= 4 is 30.6 Å². The minimum atomic E-state index is -3.03. The molecule has 1 saturated carbocycles. The van der Waals surface area contributed by atoms with Crippen LogP contribution in [-0.4, -0.2) is 45.9 Å². The highest BCUT2D eigenvalue weighted by atomic mass is 28.4. The van der Waals surface area contributed by atoms with Crippen molar-refractivity contribution in [3.63, 3.8) is 0 Å². The first-order chi connectivity index (χ1) is 17.4. The number of nitrogens with one attached hydrogen (secondary N) is 2. The van der Waals surface area contributed by atoms with Gasteiger partial charge in [0.2, 0.25) is 0 Å². The summed E-state index contributed by atoms with van der Waals surface area (Å²) in [5, 5.41) is 6.36. The number of amides is 3. The maximum absolute atomic E-state index is 15.1. The van der Waals surface area contributed by atoms with Crippen LogP contribution in [0.3, 0.4) is 0 Å². The quantitative estimate of drug-likeness (QED) is 0.302. The highest BCUT2D eigenvalue weighted by Gasteiger charge is 2.54. The van der Waals surface area contributed by atoms with Gasteiger partial charge < -0.3 is 14.5 Å². The molecule has 0 bridgehead atoms. The molecular formula is C28H36F2N2O4Si. The van der Waals surface area contributed by atoms with E-state index in [0.717, 1.165) is 10.4 Å². The number of hydrogen-bond donors (Lipinski definition) is 2. The van der Waals surface area contributed by atoms with E-state index in [9.17, 15) is 9.59 Å². The maximum Gasteiger partial charge on any atom is 0.321 e. The van der Waals surface area contributed by atoms with E-state index in [0.29, 0.717) is 0 Å². The Morgan fingerprint density at radius 1 is 1.05 bits per heavy atom. The molecule has 3 rings (SSSR count). The van der Waals surface area contributed by atoms with Gasteiger partial charge in [0.05, 0.1) is 13.4 Å². The normalized spacial score (nSPS) is 19.8. The van der Waals surface area contributed by atoms with E-state index in [-0.39, 0.29) is 23.6 Å². The lowest BCUT2D eigenvalue weighted by molar-refractivity contribution is -0.116. The first-order valence-corrected chi connectivity index (χ1v) is 14.3. The Kier molecular flexibility index (Phi) is 8.91. The number of halogens is 2. The molecule has 2 N–H and O–H groups in total. The summed E-state index contributed by atoms with van der Waals surface area (Å²) in [4.78, 5) is 24.3. The third kappa shape index (κ3) is 6.45. The Hall–Kier alpha value is -3.04. The summed E-state index contributed by atoms with van der Waals surface area (Å²) in [6.45, 7) is 7.62. The molecule has 9 heteroatoms. The molecule has 0 spiro atoms. The molecule has 3 amide bonds. The number of hydrogen-bond acceptors (Lipinski definition) is 4. The smallest absolute Gasteiger partial charge is 0.321 e. The van der Waals surface area contributed by atoms with E-state index in [4.69, 9.17) is 9.16 Å². The van der Waals surface area contributed by atoms with Crippen molar-refractivity contribution in [2.24, 2.45) is 5.92 Å². The van der Waals surface area contributed by atoms with Crippen LogP contribution in [-0.2, 0) is 14.0 Å². The fourth-order valence-corrected chi connectivity index (χ4v) is 9.64. The predicted octanol–water partition coefficient (Wildman–Crippen LogP) is 4.35. The summed E-state index contributed by atoms with van der Waals surface area (Å²) in [7, 11) is -1.59. The highest BCUT2D eigenvalue weighted by molar-refractivity contribution is 6.99. The van der Waals surface area contributed by atoms with Gasteiger partial charge >= 0.3 is 6.03 Å². The number of carbonyl (C=O) groups is 2. The molecule has 0 aliphatic heterocycles. The van der Waals surface area contributed by atoms with Gasteiger partial charge in [-0.2, -0.15) is 0 Å². The number of carbonyl (C=O) groups excluding carboxylic acids is 2. The summed E-state index contributed by atoms with van der Waals surface area (Å²) in [5.41, 5.74) is 0.186. The van der Waals surface area contributed by atoms with Crippen molar-refractivity contribution in [2.45, 2.75) is 57.5 Å². The molecule has 0 heterocycles. The molecule has 1 fully saturated rings. The number of ether oxygens (including phenoxy) is 1. The van der Waals surface area contributed by atoms with Gasteiger partial charge in [-0.05, 0) is 28.8 Å². The van der Waals surface area contributed by atoms with E-state index in [1.54, 1.807) is 0 Å². The van der Waals surface area contributed by atoms with Gasteiger partial charge in [0.1, 0.15) is 0 Å². The van der Waals surface area contributed by atoms with Crippen LogP contribution in [0.5, 0.6) is 0 Å². The zero-order valence-electron chi connectivity index (χ0n) is 22.0. The fraction of sp³-hybridized carbons (Fsp3) is 0.429. The molecule has 0 unspecified atom stereocenters. The standard InChI is InChI=1S/C28H36F2N2O4Si/c1-20(18-35-5)25(33)32-26(34)31-22-16-21(28(29,30)17-22)19-36-37(27(2,3)4,23-12-8-6-9-13-23)24-14-10-7-11-15-24/h6-15,18,21-22H,16-17,19H2,1-5H3,(H2,31,32,33,34)/b20-18+/t21-,22-/m0/s1. The monoisotopic (exact) mass is 530 g/mol. The van der Waals surface area contributed by atoms with E-state index >= 15 is 8.78 Å². The van der Waals surface area contributed by atoms with Crippen molar-refractivity contribution in [2.75, 3.05) is 13.7 Å². The Labute approximate surface area is 218 Å². The largest absolute Gasteiger partial charge is 0.504 e. The van der Waals surface area contributed by atoms with Crippen LogP contribution in [0.15, 0.2) is 72.5 Å². The number of imide groups is 1. The summed E-state index contributed by atoms with van der Waals surface area (Å²) in [6.07, 6.45) is 0.723. The SMILES string of the molecule is CO/C=C(\C)C(=O)NC(=O)N[C@H]1C[C@@H](CO[Si](c2ccccc2)(c2ccccc2)C(C)(C)C)C(F)(F)C1. The minimum Gasteiger partial charge on any atom is -0.504 e. The van der Waals surface area contributed by atoms with Crippen LogP contribution in [0.1, 0.15) is 40.5 Å². The van der Waals surface area contributed by atoms with Gasteiger partial charge in [-0.25, -0.2) is 13.6 Å². The second kappa shape index (κ2) is 11.6. The number of urea groups is 1. The predicted molar refractivity (Wildman–Crippen MR) is 142 cm³/mol. The Bertz CT molecular complexity index is 1060. The number of methoxy groups -OCH3 is 1. The molecule has 6 nitrogen and oxygen atoms in total. The van der Waals surface area contributed by atoms with E-state index < -0.39 is 44.6 Å². The molecule has 200 valence electrons. The van der Waals surface area contributed by atoms with Crippen molar-refractivity contribution < 1.29 is 27.5 Å². The van der Waals surface area contributed by atoms with Gasteiger partial charge in [-0.1, -0.05) is 81.4 Å². The molecule has 0 radical (unpaired) electrons. The van der Waals surface area contributed by atoms with Crippen molar-refractivity contribution in [3.05, 3.63) is 72.5 Å². The molecule has 1 aliphatic rings. The van der Waals surface area contributed by atoms with E-state index in [2.05, 4.69) is 31.4 Å². The summed E-state index contributed by atoms with van der Waals surface area (Å²) in [5.74, 6) is -4.76. The van der Waals surface area contributed by atoms with Gasteiger partial charge in [-0.15, -0.1) is 0 Å². The highest BCUT2D eigenvalue weighted by Crippen LogP contribution is 2.43. The van der Waals surface area contributed by atoms with Gasteiger partial charge in [0.25, 0.3) is 20.1 Å². The maximum atomic E-state index is 15.1. The lowest BCUT2D eigenvalue weighted by Gasteiger charge is -2.43. The van der Waals surface area contributed by atoms with Crippen LogP contribution in [0.25, 0.3) is 0 Å². The average molecular weight is 531 g/mol.